The van der Waals surface area contributed by atoms with Crippen molar-refractivity contribution in [2.24, 2.45) is 0 Å². The normalized spacial score (nSPS) is 19.6. The summed E-state index contributed by atoms with van der Waals surface area (Å²) in [5, 5.41) is 3.32. The summed E-state index contributed by atoms with van der Waals surface area (Å²) in [6.45, 7) is 11.3. The molecule has 0 atom stereocenters. The van der Waals surface area contributed by atoms with Crippen molar-refractivity contribution in [1.29, 1.82) is 0 Å². The van der Waals surface area contributed by atoms with E-state index in [2.05, 4.69) is 59.9 Å². The number of anilines is 1. The first-order valence-electron chi connectivity index (χ1n) is 7.64. The minimum atomic E-state index is 0.431. The Bertz CT molecular complexity index is 403. The highest BCUT2D eigenvalue weighted by atomic mass is 32.2. The van der Waals surface area contributed by atoms with E-state index in [1.165, 1.54) is 30.8 Å². The fourth-order valence-corrected chi connectivity index (χ4v) is 3.49. The lowest BCUT2D eigenvalue weighted by molar-refractivity contribution is 0.276. The largest absolute Gasteiger partial charge is 0.370 e. The van der Waals surface area contributed by atoms with Crippen molar-refractivity contribution in [2.75, 3.05) is 30.7 Å². The molecule has 1 aromatic rings. The zero-order valence-electron chi connectivity index (χ0n) is 13.0. The van der Waals surface area contributed by atoms with Crippen LogP contribution in [0.25, 0.3) is 0 Å². The molecule has 0 spiro atoms. The van der Waals surface area contributed by atoms with Crippen molar-refractivity contribution in [3.05, 3.63) is 23.9 Å². The Labute approximate surface area is 127 Å². The van der Waals surface area contributed by atoms with Gasteiger partial charge in [-0.1, -0.05) is 26.8 Å². The first-order chi connectivity index (χ1) is 9.59. The molecule has 4 heteroatoms. The lowest BCUT2D eigenvalue weighted by Crippen LogP contribution is -2.26. The highest BCUT2D eigenvalue weighted by molar-refractivity contribution is 8.00. The van der Waals surface area contributed by atoms with Gasteiger partial charge in [-0.2, -0.15) is 11.8 Å². The lowest BCUT2D eigenvalue weighted by atomic mass is 10.1. The van der Waals surface area contributed by atoms with Crippen LogP contribution in [0.15, 0.2) is 18.3 Å². The monoisotopic (exact) mass is 293 g/mol. The van der Waals surface area contributed by atoms with E-state index in [0.29, 0.717) is 4.75 Å². The van der Waals surface area contributed by atoms with Gasteiger partial charge in [-0.3, -0.25) is 4.90 Å². The summed E-state index contributed by atoms with van der Waals surface area (Å²) in [7, 11) is 0. The molecule has 0 unspecified atom stereocenters. The average Bonchev–Trinajstić information content (AvgIpc) is 2.59. The van der Waals surface area contributed by atoms with E-state index in [1.54, 1.807) is 0 Å². The fraction of sp³-hybridized carbons (Fsp3) is 0.688. The maximum Gasteiger partial charge on any atom is 0.125 e. The van der Waals surface area contributed by atoms with Crippen LogP contribution in [0.4, 0.5) is 5.82 Å². The molecule has 1 aliphatic rings. The number of rotatable bonds is 5. The molecule has 112 valence electrons. The van der Waals surface area contributed by atoms with E-state index in [4.69, 9.17) is 0 Å². The topological polar surface area (TPSA) is 28.2 Å². The Balaban J connectivity index is 1.86. The summed E-state index contributed by atoms with van der Waals surface area (Å²) in [5.41, 5.74) is 1.32. The van der Waals surface area contributed by atoms with Gasteiger partial charge in [0.05, 0.1) is 0 Å². The van der Waals surface area contributed by atoms with Gasteiger partial charge in [0.25, 0.3) is 0 Å². The second-order valence-electron chi connectivity index (χ2n) is 6.11. The van der Waals surface area contributed by atoms with Crippen LogP contribution in [0.1, 0.15) is 39.2 Å². The summed E-state index contributed by atoms with van der Waals surface area (Å²) < 4.78 is 0.431. The van der Waals surface area contributed by atoms with Crippen LogP contribution < -0.4 is 5.32 Å². The highest BCUT2D eigenvalue weighted by Crippen LogP contribution is 2.31. The van der Waals surface area contributed by atoms with Gasteiger partial charge in [-0.05, 0) is 31.0 Å². The van der Waals surface area contributed by atoms with Gasteiger partial charge in [0, 0.05) is 36.3 Å². The quantitative estimate of drug-likeness (QED) is 0.897. The van der Waals surface area contributed by atoms with Crippen molar-refractivity contribution in [3.63, 3.8) is 0 Å². The third-order valence-corrected chi connectivity index (χ3v) is 5.09. The zero-order chi connectivity index (χ0) is 14.4. The first-order valence-corrected chi connectivity index (χ1v) is 8.63. The van der Waals surface area contributed by atoms with Gasteiger partial charge < -0.3 is 5.32 Å². The molecule has 1 fully saturated rings. The smallest absolute Gasteiger partial charge is 0.125 e. The minimum absolute atomic E-state index is 0.431. The molecule has 0 radical (unpaired) electrons. The predicted molar refractivity (Wildman–Crippen MR) is 89.4 cm³/mol. The van der Waals surface area contributed by atoms with Crippen LogP contribution in [0.3, 0.4) is 0 Å². The molecule has 2 heterocycles. The molecule has 0 amide bonds. The number of aromatic nitrogens is 1. The van der Waals surface area contributed by atoms with E-state index >= 15 is 0 Å². The number of nitrogens with one attached hydrogen (secondary N) is 1. The first kappa shape index (κ1) is 15.6. The van der Waals surface area contributed by atoms with Crippen LogP contribution in [-0.4, -0.2) is 40.0 Å². The molecule has 1 aromatic heterocycles. The standard InChI is InChI=1S/C16H27N3S/c1-4-8-17-15-6-5-14(12-18-15)13-19-9-7-16(2,3)20-11-10-19/h5-6,12H,4,7-11,13H2,1-3H3,(H,17,18). The maximum absolute atomic E-state index is 4.49. The highest BCUT2D eigenvalue weighted by Gasteiger charge is 2.23. The van der Waals surface area contributed by atoms with E-state index in [-0.39, 0.29) is 0 Å². The van der Waals surface area contributed by atoms with Gasteiger partial charge in [-0.25, -0.2) is 4.98 Å². The molecule has 0 bridgehead atoms. The molecule has 1 N–H and O–H groups in total. The van der Waals surface area contributed by atoms with Crippen LogP contribution in [0, 0.1) is 0 Å². The van der Waals surface area contributed by atoms with Crippen LogP contribution in [0.2, 0.25) is 0 Å². The Kier molecular flexibility index (Phi) is 5.73. The number of pyridine rings is 1. The second kappa shape index (κ2) is 7.32. The Morgan fingerprint density at radius 1 is 1.35 bits per heavy atom. The summed E-state index contributed by atoms with van der Waals surface area (Å²) in [5.74, 6) is 2.22. The molecule has 0 aliphatic carbocycles. The molecule has 20 heavy (non-hydrogen) atoms. The third kappa shape index (κ3) is 4.98. The molecule has 1 aliphatic heterocycles. The molecule has 3 nitrogen and oxygen atoms in total. The minimum Gasteiger partial charge on any atom is -0.370 e. The Morgan fingerprint density at radius 3 is 2.90 bits per heavy atom. The van der Waals surface area contributed by atoms with Gasteiger partial charge in [0.1, 0.15) is 5.82 Å². The maximum atomic E-state index is 4.49. The molecule has 0 aromatic carbocycles. The lowest BCUT2D eigenvalue weighted by Gasteiger charge is -2.22. The summed E-state index contributed by atoms with van der Waals surface area (Å²) in [4.78, 5) is 7.04. The average molecular weight is 293 g/mol. The second-order valence-corrected chi connectivity index (χ2v) is 7.91. The molecule has 2 rings (SSSR count). The number of nitrogens with zero attached hydrogens (tertiary/aromatic N) is 2. The van der Waals surface area contributed by atoms with E-state index in [9.17, 15) is 0 Å². The van der Waals surface area contributed by atoms with Crippen molar-refractivity contribution in [1.82, 2.24) is 9.88 Å². The van der Waals surface area contributed by atoms with Gasteiger partial charge in [0.15, 0.2) is 0 Å². The molecule has 0 saturated carbocycles. The fourth-order valence-electron chi connectivity index (χ4n) is 2.35. The van der Waals surface area contributed by atoms with Gasteiger partial charge in [-0.15, -0.1) is 0 Å². The molecular formula is C16H27N3S. The van der Waals surface area contributed by atoms with Crippen molar-refractivity contribution >= 4 is 17.6 Å². The van der Waals surface area contributed by atoms with Crippen LogP contribution >= 0.6 is 11.8 Å². The summed E-state index contributed by atoms with van der Waals surface area (Å²) in [6, 6.07) is 4.30. The van der Waals surface area contributed by atoms with Crippen LogP contribution in [0.5, 0.6) is 0 Å². The summed E-state index contributed by atoms with van der Waals surface area (Å²) >= 11 is 2.10. The molecular weight excluding hydrogens is 266 g/mol. The SMILES string of the molecule is CCCNc1ccc(CN2CCSC(C)(C)CC2)cn1. The number of thioether (sulfide) groups is 1. The van der Waals surface area contributed by atoms with E-state index in [1.807, 2.05) is 6.20 Å². The Hall–Kier alpha value is -0.740. The number of hydrogen-bond acceptors (Lipinski definition) is 4. The van der Waals surface area contributed by atoms with Gasteiger partial charge >= 0.3 is 0 Å². The summed E-state index contributed by atoms with van der Waals surface area (Å²) in [6.07, 6.45) is 4.41. The van der Waals surface area contributed by atoms with Gasteiger partial charge in [0.2, 0.25) is 0 Å². The Morgan fingerprint density at radius 2 is 2.20 bits per heavy atom. The van der Waals surface area contributed by atoms with Crippen molar-refractivity contribution < 1.29 is 0 Å². The van der Waals surface area contributed by atoms with Crippen molar-refractivity contribution in [2.45, 2.75) is 44.9 Å². The van der Waals surface area contributed by atoms with Crippen molar-refractivity contribution in [3.8, 4) is 0 Å². The number of hydrogen-bond donors (Lipinski definition) is 1. The van der Waals surface area contributed by atoms with E-state index in [0.717, 1.165) is 25.3 Å². The predicted octanol–water partition coefficient (Wildman–Crippen LogP) is 3.62. The third-order valence-electron chi connectivity index (χ3n) is 3.72. The van der Waals surface area contributed by atoms with Crippen LogP contribution in [-0.2, 0) is 6.54 Å². The zero-order valence-corrected chi connectivity index (χ0v) is 13.8. The van der Waals surface area contributed by atoms with E-state index < -0.39 is 0 Å². The molecule has 1 saturated heterocycles.